The van der Waals surface area contributed by atoms with Crippen LogP contribution in [0.5, 0.6) is 0 Å². The molecule has 0 radical (unpaired) electrons. The fourth-order valence-corrected chi connectivity index (χ4v) is 2.19. The molecule has 2 aromatic rings. The number of aromatic nitrogens is 1. The number of nitrogens with one attached hydrogen (secondary N) is 1. The van der Waals surface area contributed by atoms with Crippen molar-refractivity contribution in [3.8, 4) is 0 Å². The summed E-state index contributed by atoms with van der Waals surface area (Å²) < 4.78 is 0.941. The van der Waals surface area contributed by atoms with Crippen LogP contribution in [0.4, 0.5) is 5.69 Å². The Balaban J connectivity index is 1.87. The molecular formula is C11H12BrN3S. The summed E-state index contributed by atoms with van der Waals surface area (Å²) >= 11 is 5.03. The number of benzene rings is 1. The molecule has 16 heavy (non-hydrogen) atoms. The van der Waals surface area contributed by atoms with Gasteiger partial charge in [-0.05, 0) is 33.6 Å². The first-order valence-corrected chi connectivity index (χ1v) is 6.56. The average Bonchev–Trinajstić information content (AvgIpc) is 2.76. The molecule has 84 valence electrons. The van der Waals surface area contributed by atoms with Gasteiger partial charge in [0.15, 0.2) is 0 Å². The number of thiazole rings is 1. The fraction of sp³-hybridized carbons (Fsp3) is 0.182. The monoisotopic (exact) mass is 297 g/mol. The quantitative estimate of drug-likeness (QED) is 0.853. The number of nitrogens with two attached hydrogens (primary N) is 1. The summed E-state index contributed by atoms with van der Waals surface area (Å²) in [6, 6.07) is 5.99. The topological polar surface area (TPSA) is 50.9 Å². The lowest BCUT2D eigenvalue weighted by Gasteiger charge is -2.05. The van der Waals surface area contributed by atoms with Crippen LogP contribution in [-0.2, 0) is 13.1 Å². The summed E-state index contributed by atoms with van der Waals surface area (Å²) in [5.74, 6) is 0. The highest BCUT2D eigenvalue weighted by molar-refractivity contribution is 9.10. The summed E-state index contributed by atoms with van der Waals surface area (Å²) in [6.07, 6.45) is 1.82. The number of nitrogen functional groups attached to an aromatic ring is 1. The van der Waals surface area contributed by atoms with E-state index in [4.69, 9.17) is 5.73 Å². The van der Waals surface area contributed by atoms with Crippen LogP contribution in [0, 0.1) is 0 Å². The molecule has 0 fully saturated rings. The van der Waals surface area contributed by atoms with E-state index in [0.29, 0.717) is 0 Å². The second-order valence-electron chi connectivity index (χ2n) is 3.39. The summed E-state index contributed by atoms with van der Waals surface area (Å²) in [5.41, 5.74) is 7.75. The highest BCUT2D eigenvalue weighted by Gasteiger charge is 1.99. The molecule has 2 rings (SSSR count). The predicted octanol–water partition coefficient (Wildman–Crippen LogP) is 2.78. The van der Waals surface area contributed by atoms with E-state index in [1.165, 1.54) is 5.56 Å². The molecule has 3 nitrogen and oxygen atoms in total. The highest BCUT2D eigenvalue weighted by atomic mass is 79.9. The Morgan fingerprint density at radius 1 is 1.38 bits per heavy atom. The molecule has 1 aromatic carbocycles. The molecule has 0 atom stereocenters. The third kappa shape index (κ3) is 3.04. The molecule has 0 spiro atoms. The van der Waals surface area contributed by atoms with E-state index < -0.39 is 0 Å². The Morgan fingerprint density at radius 3 is 2.94 bits per heavy atom. The van der Waals surface area contributed by atoms with Crippen molar-refractivity contribution in [2.24, 2.45) is 0 Å². The lowest BCUT2D eigenvalue weighted by Crippen LogP contribution is -2.12. The first kappa shape index (κ1) is 11.6. The zero-order chi connectivity index (χ0) is 11.4. The van der Waals surface area contributed by atoms with Crippen LogP contribution in [0.2, 0.25) is 0 Å². The minimum Gasteiger partial charge on any atom is -0.398 e. The van der Waals surface area contributed by atoms with Crippen LogP contribution in [0.15, 0.2) is 34.2 Å². The summed E-state index contributed by atoms with van der Waals surface area (Å²) in [4.78, 5) is 4.20. The van der Waals surface area contributed by atoms with Crippen molar-refractivity contribution in [1.29, 1.82) is 0 Å². The van der Waals surface area contributed by atoms with Crippen molar-refractivity contribution in [3.05, 3.63) is 44.8 Å². The molecule has 5 heteroatoms. The summed E-state index contributed by atoms with van der Waals surface area (Å²) in [5, 5.41) is 6.41. The first-order valence-electron chi connectivity index (χ1n) is 4.88. The van der Waals surface area contributed by atoms with Crippen LogP contribution >= 0.6 is 27.3 Å². The van der Waals surface area contributed by atoms with Gasteiger partial charge < -0.3 is 11.1 Å². The number of halogens is 1. The molecule has 0 amide bonds. The van der Waals surface area contributed by atoms with Crippen molar-refractivity contribution < 1.29 is 0 Å². The molecule has 0 saturated carbocycles. The van der Waals surface area contributed by atoms with E-state index >= 15 is 0 Å². The number of hydrogen-bond donors (Lipinski definition) is 2. The number of anilines is 1. The van der Waals surface area contributed by atoms with Crippen molar-refractivity contribution in [2.45, 2.75) is 13.1 Å². The van der Waals surface area contributed by atoms with Crippen LogP contribution in [-0.4, -0.2) is 4.98 Å². The maximum Gasteiger partial charge on any atom is 0.106 e. The van der Waals surface area contributed by atoms with Crippen molar-refractivity contribution >= 4 is 33.0 Å². The van der Waals surface area contributed by atoms with Crippen molar-refractivity contribution in [3.63, 3.8) is 0 Å². The second-order valence-corrected chi connectivity index (χ2v) is 5.22. The Morgan fingerprint density at radius 2 is 2.25 bits per heavy atom. The smallest absolute Gasteiger partial charge is 0.106 e. The SMILES string of the molecule is Nc1cc(CNCc2nccs2)ccc1Br. The third-order valence-corrected chi connectivity index (χ3v) is 3.65. The molecule has 3 N–H and O–H groups in total. The minimum atomic E-state index is 0.772. The van der Waals surface area contributed by atoms with Gasteiger partial charge in [-0.1, -0.05) is 6.07 Å². The van der Waals surface area contributed by atoms with E-state index in [9.17, 15) is 0 Å². The highest BCUT2D eigenvalue weighted by Crippen LogP contribution is 2.20. The summed E-state index contributed by atoms with van der Waals surface area (Å²) in [7, 11) is 0. The maximum absolute atomic E-state index is 5.80. The van der Waals surface area contributed by atoms with Gasteiger partial charge in [-0.15, -0.1) is 11.3 Å². The third-order valence-electron chi connectivity index (χ3n) is 2.15. The molecule has 0 bridgehead atoms. The van der Waals surface area contributed by atoms with Gasteiger partial charge in [0.1, 0.15) is 5.01 Å². The Bertz CT molecular complexity index is 456. The molecule has 0 aliphatic carbocycles. The van der Waals surface area contributed by atoms with Crippen LogP contribution in [0.25, 0.3) is 0 Å². The largest absolute Gasteiger partial charge is 0.398 e. The van der Waals surface area contributed by atoms with Gasteiger partial charge in [0.2, 0.25) is 0 Å². The molecule has 0 unspecified atom stereocenters. The lowest BCUT2D eigenvalue weighted by atomic mass is 10.2. The fourth-order valence-electron chi connectivity index (χ4n) is 1.36. The van der Waals surface area contributed by atoms with Crippen molar-refractivity contribution in [1.82, 2.24) is 10.3 Å². The standard InChI is InChI=1S/C11H12BrN3S/c12-9-2-1-8(5-10(9)13)6-14-7-11-15-3-4-16-11/h1-5,14H,6-7,13H2. The first-order chi connectivity index (χ1) is 7.75. The minimum absolute atomic E-state index is 0.772. The van der Waals surface area contributed by atoms with Crippen molar-refractivity contribution in [2.75, 3.05) is 5.73 Å². The zero-order valence-electron chi connectivity index (χ0n) is 8.61. The van der Waals surface area contributed by atoms with E-state index in [-0.39, 0.29) is 0 Å². The van der Waals surface area contributed by atoms with Gasteiger partial charge in [-0.25, -0.2) is 4.98 Å². The van der Waals surface area contributed by atoms with Crippen LogP contribution in [0.1, 0.15) is 10.6 Å². The molecule has 0 aliphatic rings. The lowest BCUT2D eigenvalue weighted by molar-refractivity contribution is 0.690. The molecule has 0 saturated heterocycles. The van der Waals surface area contributed by atoms with Gasteiger partial charge in [-0.3, -0.25) is 0 Å². The van der Waals surface area contributed by atoms with Gasteiger partial charge >= 0.3 is 0 Å². The van der Waals surface area contributed by atoms with Gasteiger partial charge in [0.25, 0.3) is 0 Å². The molecular weight excluding hydrogens is 286 g/mol. The van der Waals surface area contributed by atoms with Crippen LogP contribution < -0.4 is 11.1 Å². The number of rotatable bonds is 4. The van der Waals surface area contributed by atoms with E-state index in [1.807, 2.05) is 23.7 Å². The predicted molar refractivity (Wildman–Crippen MR) is 71.2 cm³/mol. The van der Waals surface area contributed by atoms with Gasteiger partial charge in [0, 0.05) is 34.8 Å². The molecule has 0 aliphatic heterocycles. The van der Waals surface area contributed by atoms with E-state index in [1.54, 1.807) is 11.3 Å². The zero-order valence-corrected chi connectivity index (χ0v) is 11.0. The maximum atomic E-state index is 5.80. The molecule has 1 aromatic heterocycles. The number of hydrogen-bond acceptors (Lipinski definition) is 4. The molecule has 1 heterocycles. The Hall–Kier alpha value is -0.910. The van der Waals surface area contributed by atoms with Gasteiger partial charge in [0.05, 0.1) is 0 Å². The normalized spacial score (nSPS) is 10.6. The summed E-state index contributed by atoms with van der Waals surface area (Å²) in [6.45, 7) is 1.60. The van der Waals surface area contributed by atoms with Gasteiger partial charge in [-0.2, -0.15) is 0 Å². The second kappa shape index (κ2) is 5.43. The van der Waals surface area contributed by atoms with E-state index in [2.05, 4.69) is 32.3 Å². The Kier molecular flexibility index (Phi) is 3.93. The van der Waals surface area contributed by atoms with Crippen LogP contribution in [0.3, 0.4) is 0 Å². The Labute approximate surface area is 107 Å². The average molecular weight is 298 g/mol. The van der Waals surface area contributed by atoms with E-state index in [0.717, 1.165) is 28.3 Å². The number of nitrogens with zero attached hydrogens (tertiary/aromatic N) is 1.